The highest BCUT2D eigenvalue weighted by Crippen LogP contribution is 2.29. The first-order valence-corrected chi connectivity index (χ1v) is 7.39. The molecular formula is C16H16BrF2NO. The molecule has 21 heavy (non-hydrogen) atoms. The summed E-state index contributed by atoms with van der Waals surface area (Å²) >= 11 is 3.20. The van der Waals surface area contributed by atoms with Crippen LogP contribution in [0.3, 0.4) is 0 Å². The van der Waals surface area contributed by atoms with Crippen LogP contribution in [-0.2, 0) is 6.54 Å². The molecule has 0 saturated carbocycles. The van der Waals surface area contributed by atoms with E-state index in [0.717, 1.165) is 0 Å². The van der Waals surface area contributed by atoms with Gasteiger partial charge in [0.15, 0.2) is 0 Å². The molecule has 0 unspecified atom stereocenters. The molecular weight excluding hydrogens is 340 g/mol. The second-order valence-electron chi connectivity index (χ2n) is 4.96. The van der Waals surface area contributed by atoms with Crippen molar-refractivity contribution >= 4 is 15.9 Å². The number of halogens is 3. The molecule has 2 nitrogen and oxygen atoms in total. The van der Waals surface area contributed by atoms with E-state index in [0.29, 0.717) is 28.1 Å². The van der Waals surface area contributed by atoms with Gasteiger partial charge in [-0.15, -0.1) is 0 Å². The average molecular weight is 356 g/mol. The fourth-order valence-corrected chi connectivity index (χ4v) is 2.27. The Balaban J connectivity index is 2.28. The van der Waals surface area contributed by atoms with Crippen LogP contribution >= 0.6 is 15.9 Å². The van der Waals surface area contributed by atoms with Gasteiger partial charge >= 0.3 is 0 Å². The summed E-state index contributed by atoms with van der Waals surface area (Å²) in [7, 11) is 0. The lowest BCUT2D eigenvalue weighted by atomic mass is 10.1. The first-order valence-electron chi connectivity index (χ1n) is 6.60. The third-order valence-electron chi connectivity index (χ3n) is 2.83. The van der Waals surface area contributed by atoms with E-state index >= 15 is 0 Å². The standard InChI is InChI=1S/C16H16BrF2NO/c1-10(2)20-9-14-15(19)4-3-5-16(14)21-13-7-11(17)6-12(18)8-13/h3-8,10,20H,9H2,1-2H3. The summed E-state index contributed by atoms with van der Waals surface area (Å²) in [5.41, 5.74) is 0.423. The molecule has 1 N–H and O–H groups in total. The van der Waals surface area contributed by atoms with Crippen LogP contribution in [0.15, 0.2) is 40.9 Å². The molecule has 0 atom stereocenters. The van der Waals surface area contributed by atoms with Crippen LogP contribution in [0.25, 0.3) is 0 Å². The Morgan fingerprint density at radius 3 is 2.62 bits per heavy atom. The summed E-state index contributed by atoms with van der Waals surface area (Å²) in [5, 5.41) is 3.15. The summed E-state index contributed by atoms with van der Waals surface area (Å²) in [5.74, 6) is -0.0762. The van der Waals surface area contributed by atoms with Crippen molar-refractivity contribution in [2.24, 2.45) is 0 Å². The maximum atomic E-state index is 14.0. The Labute approximate surface area is 131 Å². The van der Waals surface area contributed by atoms with Gasteiger partial charge in [-0.25, -0.2) is 8.78 Å². The molecule has 2 aromatic carbocycles. The highest BCUT2D eigenvalue weighted by atomic mass is 79.9. The van der Waals surface area contributed by atoms with Gasteiger partial charge in [0.05, 0.1) is 0 Å². The molecule has 0 spiro atoms. The second-order valence-corrected chi connectivity index (χ2v) is 5.88. The quantitative estimate of drug-likeness (QED) is 0.813. The summed E-state index contributed by atoms with van der Waals surface area (Å²) in [6.45, 7) is 4.30. The predicted octanol–water partition coefficient (Wildman–Crippen LogP) is 5.02. The van der Waals surface area contributed by atoms with Gasteiger partial charge in [-0.1, -0.05) is 35.8 Å². The van der Waals surface area contributed by atoms with Gasteiger partial charge in [-0.3, -0.25) is 0 Å². The zero-order chi connectivity index (χ0) is 15.4. The molecule has 2 aromatic rings. The Bertz CT molecular complexity index is 611. The molecule has 0 aliphatic heterocycles. The van der Waals surface area contributed by atoms with Gasteiger partial charge in [0.1, 0.15) is 23.1 Å². The highest BCUT2D eigenvalue weighted by Gasteiger charge is 2.11. The zero-order valence-corrected chi connectivity index (χ0v) is 13.4. The van der Waals surface area contributed by atoms with E-state index in [4.69, 9.17) is 4.74 Å². The van der Waals surface area contributed by atoms with Crippen molar-refractivity contribution < 1.29 is 13.5 Å². The normalized spacial score (nSPS) is 11.0. The SMILES string of the molecule is CC(C)NCc1c(F)cccc1Oc1cc(F)cc(Br)c1. The molecule has 112 valence electrons. The van der Waals surface area contributed by atoms with Crippen molar-refractivity contribution in [2.45, 2.75) is 26.4 Å². The Morgan fingerprint density at radius 2 is 1.95 bits per heavy atom. The number of rotatable bonds is 5. The van der Waals surface area contributed by atoms with Crippen molar-refractivity contribution in [3.8, 4) is 11.5 Å². The zero-order valence-electron chi connectivity index (χ0n) is 11.8. The Morgan fingerprint density at radius 1 is 1.19 bits per heavy atom. The monoisotopic (exact) mass is 355 g/mol. The van der Waals surface area contributed by atoms with Crippen LogP contribution in [0, 0.1) is 11.6 Å². The summed E-state index contributed by atoms with van der Waals surface area (Å²) < 4.78 is 33.5. The van der Waals surface area contributed by atoms with Gasteiger partial charge in [0.25, 0.3) is 0 Å². The maximum Gasteiger partial charge on any atom is 0.134 e. The summed E-state index contributed by atoms with van der Waals surface area (Å²) in [6.07, 6.45) is 0. The lowest BCUT2D eigenvalue weighted by Gasteiger charge is -2.14. The molecule has 0 aliphatic carbocycles. The van der Waals surface area contributed by atoms with Gasteiger partial charge in [0, 0.05) is 28.7 Å². The van der Waals surface area contributed by atoms with Crippen molar-refractivity contribution in [3.63, 3.8) is 0 Å². The van der Waals surface area contributed by atoms with Gasteiger partial charge in [-0.05, 0) is 24.3 Å². The molecule has 0 saturated heterocycles. The second kappa shape index (κ2) is 7.00. The molecule has 0 bridgehead atoms. The number of hydrogen-bond donors (Lipinski definition) is 1. The largest absolute Gasteiger partial charge is 0.457 e. The van der Waals surface area contributed by atoms with Crippen molar-refractivity contribution in [2.75, 3.05) is 0 Å². The topological polar surface area (TPSA) is 21.3 Å². The smallest absolute Gasteiger partial charge is 0.134 e. The fourth-order valence-electron chi connectivity index (χ4n) is 1.83. The summed E-state index contributed by atoms with van der Waals surface area (Å²) in [4.78, 5) is 0. The van der Waals surface area contributed by atoms with Gasteiger partial charge in [0.2, 0.25) is 0 Å². The Hall–Kier alpha value is -1.46. The molecule has 0 radical (unpaired) electrons. The Kier molecular flexibility index (Phi) is 5.31. The van der Waals surface area contributed by atoms with Crippen LogP contribution in [-0.4, -0.2) is 6.04 Å². The number of hydrogen-bond acceptors (Lipinski definition) is 2. The third kappa shape index (κ3) is 4.51. The van der Waals surface area contributed by atoms with E-state index in [-0.39, 0.29) is 11.9 Å². The van der Waals surface area contributed by atoms with Crippen LogP contribution in [0.2, 0.25) is 0 Å². The molecule has 0 aliphatic rings. The van der Waals surface area contributed by atoms with Crippen LogP contribution in [0.4, 0.5) is 8.78 Å². The third-order valence-corrected chi connectivity index (χ3v) is 3.28. The maximum absolute atomic E-state index is 14.0. The van der Waals surface area contributed by atoms with E-state index in [1.165, 1.54) is 18.2 Å². The van der Waals surface area contributed by atoms with Crippen LogP contribution in [0.5, 0.6) is 11.5 Å². The lowest BCUT2D eigenvalue weighted by Crippen LogP contribution is -2.22. The predicted molar refractivity (Wildman–Crippen MR) is 82.5 cm³/mol. The van der Waals surface area contributed by atoms with Crippen molar-refractivity contribution in [1.29, 1.82) is 0 Å². The number of benzene rings is 2. The van der Waals surface area contributed by atoms with E-state index in [1.54, 1.807) is 18.2 Å². The number of ether oxygens (including phenoxy) is 1. The first-order chi connectivity index (χ1) is 9.95. The van der Waals surface area contributed by atoms with E-state index in [2.05, 4.69) is 21.2 Å². The fraction of sp³-hybridized carbons (Fsp3) is 0.250. The van der Waals surface area contributed by atoms with Gasteiger partial charge < -0.3 is 10.1 Å². The van der Waals surface area contributed by atoms with E-state index < -0.39 is 5.82 Å². The molecule has 0 heterocycles. The van der Waals surface area contributed by atoms with E-state index in [9.17, 15) is 8.78 Å². The van der Waals surface area contributed by atoms with Crippen LogP contribution in [0.1, 0.15) is 19.4 Å². The molecule has 5 heteroatoms. The molecule has 2 rings (SSSR count). The minimum absolute atomic E-state index is 0.223. The summed E-state index contributed by atoms with van der Waals surface area (Å²) in [6, 6.07) is 9.06. The van der Waals surface area contributed by atoms with Crippen LogP contribution < -0.4 is 10.1 Å². The van der Waals surface area contributed by atoms with Crippen molar-refractivity contribution in [1.82, 2.24) is 5.32 Å². The minimum Gasteiger partial charge on any atom is -0.457 e. The average Bonchev–Trinajstić information content (AvgIpc) is 2.36. The number of nitrogens with one attached hydrogen (secondary N) is 1. The molecule has 0 fully saturated rings. The van der Waals surface area contributed by atoms with Gasteiger partial charge in [-0.2, -0.15) is 0 Å². The van der Waals surface area contributed by atoms with Crippen molar-refractivity contribution in [3.05, 3.63) is 58.1 Å². The minimum atomic E-state index is -0.419. The van der Waals surface area contributed by atoms with E-state index in [1.807, 2.05) is 13.8 Å². The molecule has 0 amide bonds. The first kappa shape index (κ1) is 15.9. The highest BCUT2D eigenvalue weighted by molar-refractivity contribution is 9.10. The lowest BCUT2D eigenvalue weighted by molar-refractivity contribution is 0.453. The molecule has 0 aromatic heterocycles.